The van der Waals surface area contributed by atoms with E-state index in [9.17, 15) is 4.79 Å². The van der Waals surface area contributed by atoms with E-state index in [-0.39, 0.29) is 11.9 Å². The first-order valence-corrected chi connectivity index (χ1v) is 5.48. The molecule has 1 saturated heterocycles. The molecule has 0 radical (unpaired) electrons. The van der Waals surface area contributed by atoms with Crippen LogP contribution in [0.3, 0.4) is 0 Å². The van der Waals surface area contributed by atoms with Gasteiger partial charge in [-0.15, -0.1) is 0 Å². The van der Waals surface area contributed by atoms with Crippen LogP contribution < -0.4 is 11.3 Å². The zero-order chi connectivity index (χ0) is 12.0. The Morgan fingerprint density at radius 1 is 1.81 bits per heavy atom. The van der Waals surface area contributed by atoms with Crippen LogP contribution in [0.15, 0.2) is 0 Å². The fourth-order valence-corrected chi connectivity index (χ4v) is 1.88. The lowest BCUT2D eigenvalue weighted by Crippen LogP contribution is -2.54. The fourth-order valence-electron chi connectivity index (χ4n) is 1.88. The largest absolute Gasteiger partial charge is 0.361 e. The molecule has 1 aliphatic rings. The van der Waals surface area contributed by atoms with E-state index in [1.165, 1.54) is 0 Å². The van der Waals surface area contributed by atoms with Crippen molar-refractivity contribution in [3.05, 3.63) is 0 Å². The number of nitrogens with zero attached hydrogens (tertiary/aromatic N) is 2. The van der Waals surface area contributed by atoms with Gasteiger partial charge >= 0.3 is 0 Å². The van der Waals surface area contributed by atoms with Gasteiger partial charge in [-0.1, -0.05) is 13.3 Å². The van der Waals surface area contributed by atoms with Crippen molar-refractivity contribution in [2.24, 2.45) is 5.84 Å². The summed E-state index contributed by atoms with van der Waals surface area (Å²) in [5.74, 6) is 4.96. The van der Waals surface area contributed by atoms with Gasteiger partial charge in [0.15, 0.2) is 6.10 Å². The number of carbonyl (C=O) groups is 1. The molecule has 0 spiro atoms. The van der Waals surface area contributed by atoms with Crippen LogP contribution in [0.4, 0.5) is 0 Å². The van der Waals surface area contributed by atoms with Gasteiger partial charge in [0.05, 0.1) is 18.7 Å². The molecule has 1 heterocycles. The Kier molecular flexibility index (Phi) is 5.19. The summed E-state index contributed by atoms with van der Waals surface area (Å²) in [4.78, 5) is 13.6. The first kappa shape index (κ1) is 12.9. The molecule has 6 nitrogen and oxygen atoms in total. The maximum absolute atomic E-state index is 11.6. The lowest BCUT2D eigenvalue weighted by atomic mass is 10.1. The van der Waals surface area contributed by atoms with Crippen molar-refractivity contribution >= 4 is 5.91 Å². The van der Waals surface area contributed by atoms with Crippen LogP contribution in [-0.2, 0) is 9.53 Å². The molecule has 0 aromatic rings. The van der Waals surface area contributed by atoms with Crippen molar-refractivity contribution in [3.8, 4) is 6.07 Å². The Bertz CT molecular complexity index is 276. The molecule has 0 saturated carbocycles. The summed E-state index contributed by atoms with van der Waals surface area (Å²) in [7, 11) is 0. The van der Waals surface area contributed by atoms with Gasteiger partial charge in [0.25, 0.3) is 5.91 Å². The molecule has 0 aromatic carbocycles. The van der Waals surface area contributed by atoms with Crippen LogP contribution in [0.25, 0.3) is 0 Å². The first-order chi connectivity index (χ1) is 7.72. The Morgan fingerprint density at radius 3 is 3.12 bits per heavy atom. The Labute approximate surface area is 95.3 Å². The lowest BCUT2D eigenvalue weighted by molar-refractivity contribution is -0.129. The van der Waals surface area contributed by atoms with E-state index in [0.717, 1.165) is 12.8 Å². The van der Waals surface area contributed by atoms with Crippen molar-refractivity contribution in [2.45, 2.75) is 31.9 Å². The summed E-state index contributed by atoms with van der Waals surface area (Å²) in [5.41, 5.74) is 2.18. The van der Waals surface area contributed by atoms with Crippen molar-refractivity contribution in [2.75, 3.05) is 19.7 Å². The molecular formula is C10H18N4O2. The lowest BCUT2D eigenvalue weighted by Gasteiger charge is -2.35. The monoisotopic (exact) mass is 226 g/mol. The van der Waals surface area contributed by atoms with Gasteiger partial charge in [-0.2, -0.15) is 5.26 Å². The molecule has 0 bridgehead atoms. The molecular weight excluding hydrogens is 208 g/mol. The van der Waals surface area contributed by atoms with Gasteiger partial charge in [-0.25, -0.2) is 5.84 Å². The third-order valence-corrected chi connectivity index (χ3v) is 2.69. The second kappa shape index (κ2) is 6.43. The summed E-state index contributed by atoms with van der Waals surface area (Å²) in [6, 6.07) is 1.81. The number of carbonyl (C=O) groups excluding carboxylic acids is 1. The molecule has 1 amide bonds. The minimum Gasteiger partial charge on any atom is -0.361 e. The molecule has 1 fully saturated rings. The van der Waals surface area contributed by atoms with Gasteiger partial charge < -0.3 is 4.74 Å². The van der Waals surface area contributed by atoms with Crippen molar-refractivity contribution in [3.63, 3.8) is 0 Å². The van der Waals surface area contributed by atoms with E-state index in [2.05, 4.69) is 11.5 Å². The molecule has 2 unspecified atom stereocenters. The number of rotatable bonds is 4. The highest BCUT2D eigenvalue weighted by atomic mass is 16.5. The zero-order valence-corrected chi connectivity index (χ0v) is 9.48. The maximum Gasteiger partial charge on any atom is 0.251 e. The second-order valence-corrected chi connectivity index (χ2v) is 3.80. The van der Waals surface area contributed by atoms with E-state index in [4.69, 9.17) is 15.8 Å². The van der Waals surface area contributed by atoms with E-state index in [0.29, 0.717) is 19.7 Å². The average molecular weight is 226 g/mol. The summed E-state index contributed by atoms with van der Waals surface area (Å²) < 4.78 is 5.23. The second-order valence-electron chi connectivity index (χ2n) is 3.80. The van der Waals surface area contributed by atoms with Gasteiger partial charge in [0, 0.05) is 13.1 Å². The van der Waals surface area contributed by atoms with Gasteiger partial charge in [-0.3, -0.25) is 15.1 Å². The molecule has 2 atom stereocenters. The maximum atomic E-state index is 11.6. The number of hydrogen-bond donors (Lipinski definition) is 2. The Hall–Kier alpha value is -1.16. The molecule has 0 aliphatic carbocycles. The number of morpholine rings is 1. The van der Waals surface area contributed by atoms with Crippen LogP contribution in [0.5, 0.6) is 0 Å². The number of hydrazine groups is 1. The summed E-state index contributed by atoms with van der Waals surface area (Å²) >= 11 is 0. The number of nitriles is 1. The Balaban J connectivity index is 2.63. The van der Waals surface area contributed by atoms with Gasteiger partial charge in [-0.05, 0) is 6.42 Å². The molecule has 6 heteroatoms. The highest BCUT2D eigenvalue weighted by molar-refractivity contribution is 5.81. The number of amides is 1. The quantitative estimate of drug-likeness (QED) is 0.378. The normalized spacial score (nSPS) is 23.4. The smallest absolute Gasteiger partial charge is 0.251 e. The third-order valence-electron chi connectivity index (χ3n) is 2.69. The summed E-state index contributed by atoms with van der Waals surface area (Å²) in [5, 5.41) is 8.79. The van der Waals surface area contributed by atoms with E-state index < -0.39 is 6.10 Å². The molecule has 1 aliphatic heterocycles. The van der Waals surface area contributed by atoms with Crippen LogP contribution in [0.2, 0.25) is 0 Å². The zero-order valence-electron chi connectivity index (χ0n) is 9.48. The standard InChI is InChI=1S/C10H18N4O2/c1-2-3-9(10(15)13-12)14-4-5-16-8(6-11)7-14/h8-9H,2-5,7,12H2,1H3,(H,13,15). The predicted molar refractivity (Wildman–Crippen MR) is 58.0 cm³/mol. The van der Waals surface area contributed by atoms with Crippen LogP contribution >= 0.6 is 0 Å². The topological polar surface area (TPSA) is 91.4 Å². The molecule has 16 heavy (non-hydrogen) atoms. The van der Waals surface area contributed by atoms with E-state index in [1.807, 2.05) is 11.8 Å². The minimum absolute atomic E-state index is 0.194. The van der Waals surface area contributed by atoms with E-state index >= 15 is 0 Å². The van der Waals surface area contributed by atoms with Crippen molar-refractivity contribution in [1.29, 1.82) is 5.26 Å². The molecule has 1 rings (SSSR count). The fraction of sp³-hybridized carbons (Fsp3) is 0.800. The average Bonchev–Trinajstić information content (AvgIpc) is 2.35. The third kappa shape index (κ3) is 3.17. The number of nitrogens with one attached hydrogen (secondary N) is 1. The number of nitrogens with two attached hydrogens (primary N) is 1. The predicted octanol–water partition coefficient (Wildman–Crippen LogP) is -0.631. The van der Waals surface area contributed by atoms with Crippen LogP contribution in [0, 0.1) is 11.3 Å². The van der Waals surface area contributed by atoms with Crippen LogP contribution in [-0.4, -0.2) is 42.6 Å². The van der Waals surface area contributed by atoms with Gasteiger partial charge in [0.2, 0.25) is 0 Å². The van der Waals surface area contributed by atoms with E-state index in [1.54, 1.807) is 0 Å². The molecule has 0 aromatic heterocycles. The summed E-state index contributed by atoms with van der Waals surface area (Å²) in [6.07, 6.45) is 1.19. The van der Waals surface area contributed by atoms with Crippen LogP contribution in [0.1, 0.15) is 19.8 Å². The molecule has 3 N–H and O–H groups in total. The number of hydrogen-bond acceptors (Lipinski definition) is 5. The first-order valence-electron chi connectivity index (χ1n) is 5.48. The minimum atomic E-state index is -0.446. The molecule has 90 valence electrons. The highest BCUT2D eigenvalue weighted by Crippen LogP contribution is 2.12. The van der Waals surface area contributed by atoms with Crippen molar-refractivity contribution < 1.29 is 9.53 Å². The number of ether oxygens (including phenoxy) is 1. The van der Waals surface area contributed by atoms with Crippen molar-refractivity contribution in [1.82, 2.24) is 10.3 Å². The Morgan fingerprint density at radius 2 is 2.56 bits per heavy atom. The SMILES string of the molecule is CCCC(C(=O)NN)N1CCOC(C#N)C1. The highest BCUT2D eigenvalue weighted by Gasteiger charge is 2.29. The van der Waals surface area contributed by atoms with Gasteiger partial charge in [0.1, 0.15) is 0 Å². The summed E-state index contributed by atoms with van der Waals surface area (Å²) in [6.45, 7) is 3.63.